The number of aromatic nitrogens is 3. The first-order valence-corrected chi connectivity index (χ1v) is 6.06. The second-order valence-electron chi connectivity index (χ2n) is 4.52. The molecule has 0 atom stereocenters. The van der Waals surface area contributed by atoms with Crippen LogP contribution in [0.1, 0.15) is 34.5 Å². The van der Waals surface area contributed by atoms with E-state index in [-0.39, 0.29) is 5.78 Å². The van der Waals surface area contributed by atoms with Crippen molar-refractivity contribution in [2.75, 3.05) is 0 Å². The van der Waals surface area contributed by atoms with Crippen LogP contribution in [0, 0.1) is 6.92 Å². The van der Waals surface area contributed by atoms with Crippen molar-refractivity contribution >= 4 is 5.78 Å². The number of carbonyl (C=O) groups excluding carboxylic acids is 1. The maximum absolute atomic E-state index is 11.7. The quantitative estimate of drug-likeness (QED) is 0.766. The van der Waals surface area contributed by atoms with E-state index in [0.29, 0.717) is 17.8 Å². The highest BCUT2D eigenvalue weighted by Crippen LogP contribution is 2.23. The van der Waals surface area contributed by atoms with Crippen molar-refractivity contribution in [2.24, 2.45) is 0 Å². The highest BCUT2D eigenvalue weighted by molar-refractivity contribution is 5.97. The second-order valence-corrected chi connectivity index (χ2v) is 4.52. The topological polar surface area (TPSA) is 55.7 Å². The Labute approximate surface area is 105 Å². The molecule has 90 valence electrons. The molecule has 0 saturated heterocycles. The lowest BCUT2D eigenvalue weighted by molar-refractivity contribution is 0.0971. The molecule has 3 rings (SSSR count). The van der Waals surface area contributed by atoms with E-state index in [1.165, 1.54) is 0 Å². The van der Waals surface area contributed by atoms with Gasteiger partial charge in [-0.3, -0.25) is 9.78 Å². The molecule has 0 radical (unpaired) electrons. The Bertz CT molecular complexity index is 622. The van der Waals surface area contributed by atoms with Gasteiger partial charge in [-0.2, -0.15) is 0 Å². The molecule has 0 saturated carbocycles. The number of rotatable bonds is 1. The fourth-order valence-electron chi connectivity index (χ4n) is 2.22. The molecule has 18 heavy (non-hydrogen) atoms. The Hall–Kier alpha value is -2.10. The monoisotopic (exact) mass is 239 g/mol. The molecule has 2 aromatic rings. The van der Waals surface area contributed by atoms with E-state index in [4.69, 9.17) is 0 Å². The van der Waals surface area contributed by atoms with Gasteiger partial charge in [-0.05, 0) is 31.4 Å². The van der Waals surface area contributed by atoms with Crippen LogP contribution in [0.15, 0.2) is 24.7 Å². The maximum atomic E-state index is 11.7. The zero-order valence-electron chi connectivity index (χ0n) is 10.2. The minimum atomic E-state index is 0.158. The first-order chi connectivity index (χ1) is 8.75. The summed E-state index contributed by atoms with van der Waals surface area (Å²) >= 11 is 0. The van der Waals surface area contributed by atoms with E-state index in [1.54, 1.807) is 18.6 Å². The van der Waals surface area contributed by atoms with Gasteiger partial charge in [0.2, 0.25) is 0 Å². The minimum Gasteiger partial charge on any atom is -0.294 e. The van der Waals surface area contributed by atoms with Crippen LogP contribution >= 0.6 is 0 Å². The standard InChI is InChI=1S/C14H13N3O/c1-9-5-6-15-7-10(9)14-16-8-11-12(17-14)3-2-4-13(11)18/h5-8H,2-4H2,1H3. The molecule has 1 aliphatic rings. The Balaban J connectivity index is 2.10. The van der Waals surface area contributed by atoms with Gasteiger partial charge in [0.15, 0.2) is 11.6 Å². The number of Topliss-reactive ketones (excluding diaryl/α,β-unsaturated/α-hetero) is 1. The Morgan fingerprint density at radius 3 is 2.89 bits per heavy atom. The first kappa shape index (κ1) is 11.0. The second kappa shape index (κ2) is 4.29. The molecule has 2 aromatic heterocycles. The molecular weight excluding hydrogens is 226 g/mol. The minimum absolute atomic E-state index is 0.158. The van der Waals surface area contributed by atoms with Crippen molar-refractivity contribution in [2.45, 2.75) is 26.2 Å². The predicted octanol–water partition coefficient (Wildman–Crippen LogP) is 2.37. The molecule has 0 spiro atoms. The van der Waals surface area contributed by atoms with Crippen LogP contribution < -0.4 is 0 Å². The van der Waals surface area contributed by atoms with Crippen molar-refractivity contribution in [1.82, 2.24) is 15.0 Å². The van der Waals surface area contributed by atoms with Crippen LogP contribution in [0.3, 0.4) is 0 Å². The molecule has 4 nitrogen and oxygen atoms in total. The summed E-state index contributed by atoms with van der Waals surface area (Å²) in [4.78, 5) is 24.6. The van der Waals surface area contributed by atoms with Gasteiger partial charge in [-0.25, -0.2) is 9.97 Å². The van der Waals surface area contributed by atoms with Crippen molar-refractivity contribution in [3.8, 4) is 11.4 Å². The molecule has 0 N–H and O–H groups in total. The highest BCUT2D eigenvalue weighted by atomic mass is 16.1. The lowest BCUT2D eigenvalue weighted by atomic mass is 9.96. The molecule has 0 amide bonds. The third-order valence-electron chi connectivity index (χ3n) is 3.27. The summed E-state index contributed by atoms with van der Waals surface area (Å²) in [5.74, 6) is 0.819. The number of fused-ring (bicyclic) bond motifs is 1. The Morgan fingerprint density at radius 1 is 1.17 bits per heavy atom. The smallest absolute Gasteiger partial charge is 0.166 e. The molecular formula is C14H13N3O. The van der Waals surface area contributed by atoms with E-state index in [9.17, 15) is 4.79 Å². The number of aryl methyl sites for hydroxylation is 2. The summed E-state index contributed by atoms with van der Waals surface area (Å²) in [6.45, 7) is 2.00. The van der Waals surface area contributed by atoms with Gasteiger partial charge in [-0.15, -0.1) is 0 Å². The van der Waals surface area contributed by atoms with Gasteiger partial charge in [0.05, 0.1) is 11.3 Å². The van der Waals surface area contributed by atoms with Gasteiger partial charge in [0.1, 0.15) is 0 Å². The van der Waals surface area contributed by atoms with Crippen LogP contribution in [0.4, 0.5) is 0 Å². The van der Waals surface area contributed by atoms with E-state index in [1.807, 2.05) is 13.0 Å². The summed E-state index contributed by atoms with van der Waals surface area (Å²) in [6, 6.07) is 1.93. The molecule has 0 bridgehead atoms. The van der Waals surface area contributed by atoms with Crippen LogP contribution in [0.25, 0.3) is 11.4 Å². The van der Waals surface area contributed by atoms with Gasteiger partial charge < -0.3 is 0 Å². The summed E-state index contributed by atoms with van der Waals surface area (Å²) in [5, 5.41) is 0. The van der Waals surface area contributed by atoms with Gasteiger partial charge in [-0.1, -0.05) is 0 Å². The number of pyridine rings is 1. The third kappa shape index (κ3) is 1.79. The summed E-state index contributed by atoms with van der Waals surface area (Å²) < 4.78 is 0. The van der Waals surface area contributed by atoms with Crippen LogP contribution in [0.5, 0.6) is 0 Å². The zero-order chi connectivity index (χ0) is 12.5. The average molecular weight is 239 g/mol. The lowest BCUT2D eigenvalue weighted by Crippen LogP contribution is -2.14. The number of ketones is 1. The molecule has 2 heterocycles. The fourth-order valence-corrected chi connectivity index (χ4v) is 2.22. The van der Waals surface area contributed by atoms with Crippen LogP contribution in [-0.4, -0.2) is 20.7 Å². The largest absolute Gasteiger partial charge is 0.294 e. The Kier molecular flexibility index (Phi) is 2.63. The van der Waals surface area contributed by atoms with Crippen molar-refractivity contribution in [3.05, 3.63) is 41.5 Å². The van der Waals surface area contributed by atoms with E-state index < -0.39 is 0 Å². The molecule has 0 fully saturated rings. The van der Waals surface area contributed by atoms with Crippen LogP contribution in [-0.2, 0) is 6.42 Å². The molecule has 1 aliphatic carbocycles. The van der Waals surface area contributed by atoms with Gasteiger partial charge >= 0.3 is 0 Å². The van der Waals surface area contributed by atoms with Gasteiger partial charge in [0, 0.05) is 30.6 Å². The molecule has 0 unspecified atom stereocenters. The third-order valence-corrected chi connectivity index (χ3v) is 3.27. The summed E-state index contributed by atoms with van der Waals surface area (Å²) in [6.07, 6.45) is 7.53. The van der Waals surface area contributed by atoms with E-state index >= 15 is 0 Å². The van der Waals surface area contributed by atoms with Crippen molar-refractivity contribution < 1.29 is 4.79 Å². The summed E-state index contributed by atoms with van der Waals surface area (Å²) in [5.41, 5.74) is 3.58. The van der Waals surface area contributed by atoms with Crippen molar-refractivity contribution in [3.63, 3.8) is 0 Å². The van der Waals surface area contributed by atoms with E-state index in [2.05, 4.69) is 15.0 Å². The fraction of sp³-hybridized carbons (Fsp3) is 0.286. The SMILES string of the molecule is Cc1ccncc1-c1ncc2c(n1)CCCC2=O. The molecule has 0 aliphatic heterocycles. The first-order valence-electron chi connectivity index (χ1n) is 6.06. The zero-order valence-corrected chi connectivity index (χ0v) is 10.2. The molecule has 0 aromatic carbocycles. The average Bonchev–Trinajstić information content (AvgIpc) is 2.39. The normalized spacial score (nSPS) is 14.4. The predicted molar refractivity (Wildman–Crippen MR) is 67.3 cm³/mol. The number of nitrogens with zero attached hydrogens (tertiary/aromatic N) is 3. The molecule has 4 heteroatoms. The number of hydrogen-bond donors (Lipinski definition) is 0. The highest BCUT2D eigenvalue weighted by Gasteiger charge is 2.19. The Morgan fingerprint density at radius 2 is 2.06 bits per heavy atom. The number of carbonyl (C=O) groups is 1. The van der Waals surface area contributed by atoms with Crippen LogP contribution in [0.2, 0.25) is 0 Å². The lowest BCUT2D eigenvalue weighted by Gasteiger charge is -2.14. The van der Waals surface area contributed by atoms with Crippen molar-refractivity contribution in [1.29, 1.82) is 0 Å². The summed E-state index contributed by atoms with van der Waals surface area (Å²) in [7, 11) is 0. The maximum Gasteiger partial charge on any atom is 0.166 e. The van der Waals surface area contributed by atoms with Gasteiger partial charge in [0.25, 0.3) is 0 Å². The number of hydrogen-bond acceptors (Lipinski definition) is 4. The van der Waals surface area contributed by atoms with E-state index in [0.717, 1.165) is 29.7 Å².